The van der Waals surface area contributed by atoms with Gasteiger partial charge in [0.25, 0.3) is 11.1 Å². The highest BCUT2D eigenvalue weighted by Gasteiger charge is 2.36. The molecule has 2 heterocycles. The summed E-state index contributed by atoms with van der Waals surface area (Å²) < 4.78 is 5.05. The summed E-state index contributed by atoms with van der Waals surface area (Å²) in [6.07, 6.45) is 1.55. The summed E-state index contributed by atoms with van der Waals surface area (Å²) in [7, 11) is 1.55. The lowest BCUT2D eigenvalue weighted by Crippen LogP contribution is -2.36. The molecule has 27 heavy (non-hydrogen) atoms. The highest BCUT2D eigenvalue weighted by atomic mass is 32.2. The quantitative estimate of drug-likeness (QED) is 0.799. The largest absolute Gasteiger partial charge is 0.497 e. The van der Waals surface area contributed by atoms with Gasteiger partial charge in [0.2, 0.25) is 5.91 Å². The summed E-state index contributed by atoms with van der Waals surface area (Å²) in [5, 5.41) is 2.17. The number of hydrogen-bond donors (Lipinski definition) is 1. The molecule has 0 aliphatic carbocycles. The maximum Gasteiger partial charge on any atom is 0.294 e. The van der Waals surface area contributed by atoms with Crippen molar-refractivity contribution in [1.29, 1.82) is 0 Å². The smallest absolute Gasteiger partial charge is 0.294 e. The lowest BCUT2D eigenvalue weighted by atomic mass is 10.3. The molecule has 1 aliphatic heterocycles. The molecule has 0 spiro atoms. The summed E-state index contributed by atoms with van der Waals surface area (Å²) in [5.41, 5.74) is 1.94. The highest BCUT2D eigenvalue weighted by molar-refractivity contribution is 8.18. The second kappa shape index (κ2) is 8.05. The van der Waals surface area contributed by atoms with Crippen LogP contribution < -0.4 is 10.1 Å². The average Bonchev–Trinajstić information content (AvgIpc) is 2.90. The van der Waals surface area contributed by atoms with Gasteiger partial charge in [0.1, 0.15) is 12.3 Å². The minimum atomic E-state index is -0.502. The molecule has 1 aromatic heterocycles. The molecule has 0 radical (unpaired) electrons. The molecule has 3 rings (SSSR count). The molecular weight excluding hydrogens is 366 g/mol. The number of anilines is 1. The number of benzene rings is 1. The van der Waals surface area contributed by atoms with Crippen molar-refractivity contribution in [2.75, 3.05) is 19.0 Å². The van der Waals surface area contributed by atoms with Crippen molar-refractivity contribution in [3.8, 4) is 5.75 Å². The Morgan fingerprint density at radius 1 is 1.22 bits per heavy atom. The third-order valence-corrected chi connectivity index (χ3v) is 4.65. The monoisotopic (exact) mass is 383 g/mol. The van der Waals surface area contributed by atoms with E-state index in [1.165, 1.54) is 0 Å². The van der Waals surface area contributed by atoms with Crippen LogP contribution in [0.25, 0.3) is 6.08 Å². The van der Waals surface area contributed by atoms with Crippen molar-refractivity contribution < 1.29 is 19.1 Å². The first-order chi connectivity index (χ1) is 13.0. The van der Waals surface area contributed by atoms with Crippen molar-refractivity contribution in [3.05, 3.63) is 58.8 Å². The molecular formula is C19H17N3O4S. The number of hydrogen-bond acceptors (Lipinski definition) is 6. The zero-order valence-electron chi connectivity index (χ0n) is 14.8. The van der Waals surface area contributed by atoms with E-state index in [-0.39, 0.29) is 11.4 Å². The Morgan fingerprint density at radius 2 is 1.96 bits per heavy atom. The maximum atomic E-state index is 12.5. The number of nitrogens with zero attached hydrogens (tertiary/aromatic N) is 2. The van der Waals surface area contributed by atoms with E-state index in [9.17, 15) is 14.4 Å². The number of imide groups is 1. The number of rotatable bonds is 5. The summed E-state index contributed by atoms with van der Waals surface area (Å²) in [6, 6.07) is 12.2. The van der Waals surface area contributed by atoms with Gasteiger partial charge < -0.3 is 10.1 Å². The molecule has 0 bridgehead atoms. The van der Waals surface area contributed by atoms with E-state index in [1.54, 1.807) is 43.5 Å². The third-order valence-electron chi connectivity index (χ3n) is 3.74. The fraction of sp³-hybridized carbons (Fsp3) is 0.158. The van der Waals surface area contributed by atoms with Crippen LogP contribution in [0.4, 0.5) is 10.5 Å². The van der Waals surface area contributed by atoms with E-state index in [0.29, 0.717) is 17.1 Å². The summed E-state index contributed by atoms with van der Waals surface area (Å²) in [4.78, 5) is 42.3. The van der Waals surface area contributed by atoms with Gasteiger partial charge in [-0.1, -0.05) is 6.07 Å². The Kier molecular flexibility index (Phi) is 5.56. The molecule has 1 fully saturated rings. The van der Waals surface area contributed by atoms with Crippen LogP contribution in [-0.4, -0.2) is 40.6 Å². The molecule has 1 aliphatic rings. The summed E-state index contributed by atoms with van der Waals surface area (Å²) >= 11 is 0.798. The van der Waals surface area contributed by atoms with Gasteiger partial charge in [0, 0.05) is 11.4 Å². The van der Waals surface area contributed by atoms with E-state index in [2.05, 4.69) is 10.3 Å². The van der Waals surface area contributed by atoms with Gasteiger partial charge in [-0.25, -0.2) is 0 Å². The summed E-state index contributed by atoms with van der Waals surface area (Å²) in [5.74, 6) is -0.301. The number of carbonyl (C=O) groups is 3. The van der Waals surface area contributed by atoms with Crippen molar-refractivity contribution in [2.45, 2.75) is 6.92 Å². The van der Waals surface area contributed by atoms with Crippen LogP contribution in [0.2, 0.25) is 0 Å². The van der Waals surface area contributed by atoms with Gasteiger partial charge in [0.15, 0.2) is 0 Å². The second-order valence-corrected chi connectivity index (χ2v) is 6.74. The molecule has 0 saturated carbocycles. The molecule has 3 amide bonds. The molecule has 1 N–H and O–H groups in total. The molecule has 7 nitrogen and oxygen atoms in total. The van der Waals surface area contributed by atoms with E-state index in [1.807, 2.05) is 19.1 Å². The predicted molar refractivity (Wildman–Crippen MR) is 103 cm³/mol. The van der Waals surface area contributed by atoms with Gasteiger partial charge in [-0.15, -0.1) is 0 Å². The van der Waals surface area contributed by atoms with Crippen molar-refractivity contribution in [2.24, 2.45) is 0 Å². The van der Waals surface area contributed by atoms with Crippen LogP contribution >= 0.6 is 11.8 Å². The average molecular weight is 383 g/mol. The number of nitrogens with one attached hydrogen (secondary N) is 1. The Balaban J connectivity index is 1.67. The van der Waals surface area contributed by atoms with E-state index >= 15 is 0 Å². The van der Waals surface area contributed by atoms with Crippen LogP contribution in [0.3, 0.4) is 0 Å². The molecule has 138 valence electrons. The first kappa shape index (κ1) is 18.7. The minimum Gasteiger partial charge on any atom is -0.497 e. The number of aryl methyl sites for hydroxylation is 1. The standard InChI is InChI=1S/C19H17N3O4S/c1-12-4-3-5-14(20-12)10-16-18(24)22(19(25)27-16)11-17(23)21-13-6-8-15(26-2)9-7-13/h3-10H,11H2,1-2H3,(H,21,23)/b16-10+. The topological polar surface area (TPSA) is 88.6 Å². The van der Waals surface area contributed by atoms with Gasteiger partial charge in [-0.3, -0.25) is 24.3 Å². The van der Waals surface area contributed by atoms with Crippen LogP contribution in [0.15, 0.2) is 47.4 Å². The van der Waals surface area contributed by atoms with E-state index < -0.39 is 17.1 Å². The van der Waals surface area contributed by atoms with Gasteiger partial charge in [-0.2, -0.15) is 0 Å². The van der Waals surface area contributed by atoms with Crippen LogP contribution in [0, 0.1) is 6.92 Å². The Bertz CT molecular complexity index is 925. The fourth-order valence-corrected chi connectivity index (χ4v) is 3.26. The number of pyridine rings is 1. The summed E-state index contributed by atoms with van der Waals surface area (Å²) in [6.45, 7) is 1.49. The second-order valence-electron chi connectivity index (χ2n) is 5.75. The zero-order chi connectivity index (χ0) is 19.4. The highest BCUT2D eigenvalue weighted by Crippen LogP contribution is 2.31. The number of carbonyl (C=O) groups excluding carboxylic acids is 3. The Hall–Kier alpha value is -3.13. The Labute approximate surface area is 160 Å². The maximum absolute atomic E-state index is 12.5. The van der Waals surface area contributed by atoms with Crippen LogP contribution in [0.5, 0.6) is 5.75 Å². The molecule has 1 saturated heterocycles. The van der Waals surface area contributed by atoms with E-state index in [0.717, 1.165) is 22.4 Å². The number of ether oxygens (including phenoxy) is 1. The first-order valence-electron chi connectivity index (χ1n) is 8.09. The third kappa shape index (κ3) is 4.53. The van der Waals surface area contributed by atoms with Crippen LogP contribution in [0.1, 0.15) is 11.4 Å². The lowest BCUT2D eigenvalue weighted by Gasteiger charge is -2.12. The van der Waals surface area contributed by atoms with Crippen LogP contribution in [-0.2, 0) is 9.59 Å². The molecule has 2 aromatic rings. The molecule has 1 aromatic carbocycles. The van der Waals surface area contributed by atoms with E-state index in [4.69, 9.17) is 4.74 Å². The fourth-order valence-electron chi connectivity index (χ4n) is 2.43. The number of thioether (sulfide) groups is 1. The van der Waals surface area contributed by atoms with Crippen molar-refractivity contribution >= 4 is 40.6 Å². The number of aromatic nitrogens is 1. The zero-order valence-corrected chi connectivity index (χ0v) is 15.6. The SMILES string of the molecule is COc1ccc(NC(=O)CN2C(=O)S/C(=C/c3cccc(C)n3)C2=O)cc1. The Morgan fingerprint density at radius 3 is 2.63 bits per heavy atom. The molecule has 8 heteroatoms. The van der Waals surface area contributed by atoms with Crippen molar-refractivity contribution in [1.82, 2.24) is 9.88 Å². The number of methoxy groups -OCH3 is 1. The normalized spacial score (nSPS) is 15.3. The predicted octanol–water partition coefficient (Wildman–Crippen LogP) is 3.07. The molecule has 0 unspecified atom stereocenters. The van der Waals surface area contributed by atoms with Gasteiger partial charge in [0.05, 0.1) is 17.7 Å². The minimum absolute atomic E-state index is 0.246. The van der Waals surface area contributed by atoms with Crippen molar-refractivity contribution in [3.63, 3.8) is 0 Å². The number of amides is 3. The lowest BCUT2D eigenvalue weighted by molar-refractivity contribution is -0.127. The van der Waals surface area contributed by atoms with Gasteiger partial charge in [-0.05, 0) is 61.2 Å². The van der Waals surface area contributed by atoms with Gasteiger partial charge >= 0.3 is 0 Å². The molecule has 0 atom stereocenters. The first-order valence-corrected chi connectivity index (χ1v) is 8.91.